The summed E-state index contributed by atoms with van der Waals surface area (Å²) in [4.78, 5) is 4.14. The number of pyridine rings is 1. The lowest BCUT2D eigenvalue weighted by atomic mass is 10.2. The lowest BCUT2D eigenvalue weighted by Crippen LogP contribution is -2.08. The molecule has 0 amide bonds. The Morgan fingerprint density at radius 3 is 2.46 bits per heavy atom. The maximum absolute atomic E-state index is 4.14. The quantitative estimate of drug-likeness (QED) is 0.772. The summed E-state index contributed by atoms with van der Waals surface area (Å²) in [5, 5.41) is 3.23. The van der Waals surface area contributed by atoms with Crippen LogP contribution in [0.1, 0.15) is 27.7 Å². The van der Waals surface area contributed by atoms with Crippen molar-refractivity contribution in [2.75, 3.05) is 11.9 Å². The standard InChI is InChI=1S/C9H14N2.C2H6/c1-8(2)7-11-9-5-3-4-6-10-9;1-2/h3-6,8H,7H2,1-2H3,(H,10,11);1-2H3. The van der Waals surface area contributed by atoms with Gasteiger partial charge in [0.1, 0.15) is 5.82 Å². The average molecular weight is 180 g/mol. The summed E-state index contributed by atoms with van der Waals surface area (Å²) in [6, 6.07) is 5.87. The number of hydrogen-bond acceptors (Lipinski definition) is 2. The summed E-state index contributed by atoms with van der Waals surface area (Å²) in [6.07, 6.45) is 1.79. The maximum Gasteiger partial charge on any atom is 0.125 e. The van der Waals surface area contributed by atoms with E-state index in [-0.39, 0.29) is 0 Å². The molecule has 0 unspecified atom stereocenters. The minimum absolute atomic E-state index is 0.664. The molecule has 13 heavy (non-hydrogen) atoms. The molecule has 0 spiro atoms. The Balaban J connectivity index is 0.000000671. The highest BCUT2D eigenvalue weighted by molar-refractivity contribution is 5.32. The first-order valence-corrected chi connectivity index (χ1v) is 4.94. The first kappa shape index (κ1) is 11.9. The van der Waals surface area contributed by atoms with E-state index in [4.69, 9.17) is 0 Å². The molecule has 1 rings (SSSR count). The van der Waals surface area contributed by atoms with Crippen molar-refractivity contribution in [1.29, 1.82) is 0 Å². The van der Waals surface area contributed by atoms with Crippen LogP contribution in [0.5, 0.6) is 0 Å². The summed E-state index contributed by atoms with van der Waals surface area (Å²) in [5.74, 6) is 1.62. The van der Waals surface area contributed by atoms with Gasteiger partial charge >= 0.3 is 0 Å². The van der Waals surface area contributed by atoms with E-state index in [1.165, 1.54) is 0 Å². The van der Waals surface area contributed by atoms with Gasteiger partial charge in [0.15, 0.2) is 0 Å². The number of aromatic nitrogens is 1. The zero-order valence-electron chi connectivity index (χ0n) is 9.04. The molecule has 0 radical (unpaired) electrons. The number of rotatable bonds is 3. The van der Waals surface area contributed by atoms with Gasteiger partial charge in [0.25, 0.3) is 0 Å². The van der Waals surface area contributed by atoms with Crippen molar-refractivity contribution < 1.29 is 0 Å². The van der Waals surface area contributed by atoms with Crippen molar-refractivity contribution >= 4 is 5.82 Å². The third-order valence-electron chi connectivity index (χ3n) is 1.36. The lowest BCUT2D eigenvalue weighted by Gasteiger charge is -2.06. The van der Waals surface area contributed by atoms with Gasteiger partial charge in [0.2, 0.25) is 0 Å². The molecule has 2 heteroatoms. The van der Waals surface area contributed by atoms with Crippen molar-refractivity contribution in [2.24, 2.45) is 5.92 Å². The predicted molar refractivity (Wildman–Crippen MR) is 58.9 cm³/mol. The Labute approximate surface area is 81.4 Å². The molecule has 0 saturated heterocycles. The second-order valence-electron chi connectivity index (χ2n) is 2.99. The average Bonchev–Trinajstić information content (AvgIpc) is 2.19. The largest absolute Gasteiger partial charge is 0.370 e. The summed E-state index contributed by atoms with van der Waals surface area (Å²) in [7, 11) is 0. The van der Waals surface area contributed by atoms with Crippen LogP contribution in [0.25, 0.3) is 0 Å². The third kappa shape index (κ3) is 6.14. The van der Waals surface area contributed by atoms with Crippen molar-refractivity contribution in [2.45, 2.75) is 27.7 Å². The monoisotopic (exact) mass is 180 g/mol. The molecule has 0 aliphatic carbocycles. The Morgan fingerprint density at radius 2 is 2.00 bits per heavy atom. The SMILES string of the molecule is CC.CC(C)CNc1ccccn1. The zero-order valence-corrected chi connectivity index (χ0v) is 9.04. The Kier molecular flexibility index (Phi) is 6.98. The van der Waals surface area contributed by atoms with Crippen LogP contribution >= 0.6 is 0 Å². The molecule has 1 aromatic heterocycles. The van der Waals surface area contributed by atoms with E-state index in [1.54, 1.807) is 6.20 Å². The Hall–Kier alpha value is -1.05. The molecule has 0 aromatic carbocycles. The number of anilines is 1. The molecule has 74 valence electrons. The van der Waals surface area contributed by atoms with Gasteiger partial charge in [-0.15, -0.1) is 0 Å². The van der Waals surface area contributed by atoms with Crippen LogP contribution in [-0.4, -0.2) is 11.5 Å². The van der Waals surface area contributed by atoms with Crippen LogP contribution in [0.3, 0.4) is 0 Å². The minimum atomic E-state index is 0.664. The molecular weight excluding hydrogens is 160 g/mol. The molecule has 2 nitrogen and oxygen atoms in total. The normalized spacial score (nSPS) is 9.00. The summed E-state index contributed by atoms with van der Waals surface area (Å²) < 4.78 is 0. The van der Waals surface area contributed by atoms with Crippen LogP contribution in [0.4, 0.5) is 5.82 Å². The van der Waals surface area contributed by atoms with Crippen molar-refractivity contribution in [3.05, 3.63) is 24.4 Å². The van der Waals surface area contributed by atoms with Crippen LogP contribution in [-0.2, 0) is 0 Å². The van der Waals surface area contributed by atoms with E-state index in [0.717, 1.165) is 12.4 Å². The highest BCUT2D eigenvalue weighted by atomic mass is 15.0. The molecular formula is C11H20N2. The van der Waals surface area contributed by atoms with Gasteiger partial charge in [-0.05, 0) is 18.1 Å². The highest BCUT2D eigenvalue weighted by Gasteiger charge is 1.93. The van der Waals surface area contributed by atoms with Gasteiger partial charge in [-0.3, -0.25) is 0 Å². The van der Waals surface area contributed by atoms with Crippen molar-refractivity contribution in [1.82, 2.24) is 4.98 Å². The van der Waals surface area contributed by atoms with E-state index in [9.17, 15) is 0 Å². The first-order valence-electron chi connectivity index (χ1n) is 4.94. The molecule has 1 heterocycles. The van der Waals surface area contributed by atoms with Crippen LogP contribution < -0.4 is 5.32 Å². The van der Waals surface area contributed by atoms with E-state index >= 15 is 0 Å². The molecule has 0 fully saturated rings. The van der Waals surface area contributed by atoms with Crippen molar-refractivity contribution in [3.63, 3.8) is 0 Å². The summed E-state index contributed by atoms with van der Waals surface area (Å²) in [6.45, 7) is 9.34. The zero-order chi connectivity index (χ0) is 10.1. The Morgan fingerprint density at radius 1 is 1.31 bits per heavy atom. The fraction of sp³-hybridized carbons (Fsp3) is 0.545. The molecule has 0 bridgehead atoms. The molecule has 1 N–H and O–H groups in total. The third-order valence-corrected chi connectivity index (χ3v) is 1.36. The maximum atomic E-state index is 4.14. The second kappa shape index (κ2) is 7.59. The van der Waals surface area contributed by atoms with Gasteiger partial charge in [-0.1, -0.05) is 33.8 Å². The van der Waals surface area contributed by atoms with Gasteiger partial charge in [0.05, 0.1) is 0 Å². The Bertz CT molecular complexity index is 195. The second-order valence-corrected chi connectivity index (χ2v) is 2.99. The van der Waals surface area contributed by atoms with E-state index < -0.39 is 0 Å². The number of nitrogens with zero attached hydrogens (tertiary/aromatic N) is 1. The van der Waals surface area contributed by atoms with Gasteiger partial charge in [0, 0.05) is 12.7 Å². The number of hydrogen-bond donors (Lipinski definition) is 1. The topological polar surface area (TPSA) is 24.9 Å². The predicted octanol–water partition coefficient (Wildman–Crippen LogP) is 3.18. The van der Waals surface area contributed by atoms with Gasteiger partial charge < -0.3 is 5.32 Å². The minimum Gasteiger partial charge on any atom is -0.370 e. The smallest absolute Gasteiger partial charge is 0.125 e. The van der Waals surface area contributed by atoms with E-state index in [2.05, 4.69) is 24.1 Å². The number of nitrogens with one attached hydrogen (secondary N) is 1. The van der Waals surface area contributed by atoms with E-state index in [0.29, 0.717) is 5.92 Å². The van der Waals surface area contributed by atoms with Crippen LogP contribution in [0, 0.1) is 5.92 Å². The van der Waals surface area contributed by atoms with Crippen LogP contribution in [0.15, 0.2) is 24.4 Å². The van der Waals surface area contributed by atoms with Gasteiger partial charge in [-0.25, -0.2) is 4.98 Å². The molecule has 0 atom stereocenters. The molecule has 0 saturated carbocycles. The van der Waals surface area contributed by atoms with E-state index in [1.807, 2.05) is 32.0 Å². The van der Waals surface area contributed by atoms with Crippen molar-refractivity contribution in [3.8, 4) is 0 Å². The summed E-state index contributed by atoms with van der Waals surface area (Å²) in [5.41, 5.74) is 0. The fourth-order valence-corrected chi connectivity index (χ4v) is 0.776. The fourth-order valence-electron chi connectivity index (χ4n) is 0.776. The molecule has 1 aromatic rings. The van der Waals surface area contributed by atoms with Crippen LogP contribution in [0.2, 0.25) is 0 Å². The highest BCUT2D eigenvalue weighted by Crippen LogP contribution is 2.01. The molecule has 0 aliphatic rings. The first-order chi connectivity index (χ1) is 6.29. The van der Waals surface area contributed by atoms with Gasteiger partial charge in [-0.2, -0.15) is 0 Å². The molecule has 0 aliphatic heterocycles. The summed E-state index contributed by atoms with van der Waals surface area (Å²) >= 11 is 0. The lowest BCUT2D eigenvalue weighted by molar-refractivity contribution is 0.687.